The largest absolute Gasteiger partial charge is 0.305 e. The molecule has 0 radical (unpaired) electrons. The fourth-order valence-corrected chi connectivity index (χ4v) is 1.66. The summed E-state index contributed by atoms with van der Waals surface area (Å²) >= 11 is 0. The second-order valence-electron chi connectivity index (χ2n) is 4.25. The third-order valence-electron chi connectivity index (χ3n) is 2.69. The molecular weight excluding hydrogens is 260 g/mol. The Morgan fingerprint density at radius 1 is 1.25 bits per heavy atom. The van der Waals surface area contributed by atoms with E-state index in [1.54, 1.807) is 13.8 Å². The molecule has 0 aliphatic carbocycles. The van der Waals surface area contributed by atoms with Crippen molar-refractivity contribution in [3.05, 3.63) is 57.5 Å². The van der Waals surface area contributed by atoms with Crippen LogP contribution in [0.4, 0.5) is 11.5 Å². The third kappa shape index (κ3) is 2.94. The summed E-state index contributed by atoms with van der Waals surface area (Å²) in [7, 11) is 0. The molecule has 1 heterocycles. The van der Waals surface area contributed by atoms with E-state index in [1.807, 2.05) is 0 Å². The van der Waals surface area contributed by atoms with Crippen molar-refractivity contribution in [1.29, 1.82) is 0 Å². The number of carbonyl (C=O) groups excluding carboxylic acids is 1. The molecule has 0 atom stereocenters. The van der Waals surface area contributed by atoms with Gasteiger partial charge in [0.1, 0.15) is 0 Å². The van der Waals surface area contributed by atoms with E-state index in [0.29, 0.717) is 16.9 Å². The lowest BCUT2D eigenvalue weighted by atomic mass is 10.1. The number of rotatable bonds is 3. The van der Waals surface area contributed by atoms with Gasteiger partial charge >= 0.3 is 0 Å². The highest BCUT2D eigenvalue weighted by Crippen LogP contribution is 2.18. The lowest BCUT2D eigenvalue weighted by Crippen LogP contribution is -2.14. The van der Waals surface area contributed by atoms with E-state index in [1.165, 1.54) is 30.6 Å². The number of hydrogen-bond donors (Lipinski definition) is 1. The number of amides is 1. The van der Waals surface area contributed by atoms with E-state index >= 15 is 0 Å². The van der Waals surface area contributed by atoms with E-state index in [4.69, 9.17) is 0 Å². The maximum Gasteiger partial charge on any atom is 0.269 e. The van der Waals surface area contributed by atoms with Crippen LogP contribution >= 0.6 is 0 Å². The predicted octanol–water partition coefficient (Wildman–Crippen LogP) is 2.25. The Labute approximate surface area is 114 Å². The Balaban J connectivity index is 2.21. The van der Waals surface area contributed by atoms with Crippen LogP contribution in [0, 0.1) is 24.0 Å². The molecule has 0 aliphatic heterocycles. The standard InChI is InChI=1S/C13H12N4O3/c1-8-5-10(17(19)20)3-4-11(8)13(18)16-12-7-14-9(2)6-15-12/h3-7H,1-2H3,(H,15,16,18). The molecule has 0 fully saturated rings. The van der Waals surface area contributed by atoms with E-state index in [2.05, 4.69) is 15.3 Å². The van der Waals surface area contributed by atoms with Crippen LogP contribution in [-0.2, 0) is 0 Å². The van der Waals surface area contributed by atoms with Gasteiger partial charge in [-0.3, -0.25) is 19.9 Å². The van der Waals surface area contributed by atoms with Crippen molar-refractivity contribution in [1.82, 2.24) is 9.97 Å². The Kier molecular flexibility index (Phi) is 3.69. The molecule has 0 spiro atoms. The number of non-ortho nitro benzene ring substituents is 1. The van der Waals surface area contributed by atoms with Crippen molar-refractivity contribution in [2.24, 2.45) is 0 Å². The zero-order valence-corrected chi connectivity index (χ0v) is 11.0. The van der Waals surface area contributed by atoms with Crippen molar-refractivity contribution < 1.29 is 9.72 Å². The van der Waals surface area contributed by atoms with Crippen LogP contribution in [0.25, 0.3) is 0 Å². The molecule has 2 rings (SSSR count). The van der Waals surface area contributed by atoms with Crippen molar-refractivity contribution in [2.75, 3.05) is 5.32 Å². The number of benzene rings is 1. The van der Waals surface area contributed by atoms with Gasteiger partial charge in [-0.2, -0.15) is 0 Å². The van der Waals surface area contributed by atoms with E-state index < -0.39 is 4.92 Å². The summed E-state index contributed by atoms with van der Waals surface area (Å²) in [5.41, 5.74) is 1.58. The Bertz CT molecular complexity index is 668. The number of hydrogen-bond acceptors (Lipinski definition) is 5. The monoisotopic (exact) mass is 272 g/mol. The van der Waals surface area contributed by atoms with Gasteiger partial charge in [-0.25, -0.2) is 4.98 Å². The lowest BCUT2D eigenvalue weighted by molar-refractivity contribution is -0.384. The molecular formula is C13H12N4O3. The van der Waals surface area contributed by atoms with Crippen LogP contribution < -0.4 is 5.32 Å². The molecule has 1 amide bonds. The smallest absolute Gasteiger partial charge is 0.269 e. The Hall–Kier alpha value is -2.83. The fraction of sp³-hybridized carbons (Fsp3) is 0.154. The number of carbonyl (C=O) groups is 1. The number of aryl methyl sites for hydroxylation is 2. The number of nitro groups is 1. The molecule has 102 valence electrons. The second-order valence-corrected chi connectivity index (χ2v) is 4.25. The van der Waals surface area contributed by atoms with Crippen LogP contribution in [0.15, 0.2) is 30.6 Å². The molecule has 20 heavy (non-hydrogen) atoms. The van der Waals surface area contributed by atoms with Gasteiger partial charge in [0.05, 0.1) is 23.0 Å². The summed E-state index contributed by atoms with van der Waals surface area (Å²) in [5, 5.41) is 13.2. The summed E-state index contributed by atoms with van der Waals surface area (Å²) in [6.07, 6.45) is 2.99. The highest BCUT2D eigenvalue weighted by molar-refractivity contribution is 6.04. The van der Waals surface area contributed by atoms with Crippen LogP contribution in [0.1, 0.15) is 21.6 Å². The number of nitrogens with one attached hydrogen (secondary N) is 1. The summed E-state index contributed by atoms with van der Waals surface area (Å²) in [6.45, 7) is 3.43. The first kappa shape index (κ1) is 13.6. The van der Waals surface area contributed by atoms with Gasteiger partial charge in [0.15, 0.2) is 5.82 Å². The first-order chi connectivity index (χ1) is 9.47. The number of anilines is 1. The minimum atomic E-state index is -0.500. The average Bonchev–Trinajstić information content (AvgIpc) is 2.41. The van der Waals surface area contributed by atoms with Crippen molar-refractivity contribution in [3.8, 4) is 0 Å². The molecule has 7 heteroatoms. The predicted molar refractivity (Wildman–Crippen MR) is 72.6 cm³/mol. The molecule has 0 saturated carbocycles. The summed E-state index contributed by atoms with van der Waals surface area (Å²) in [5.74, 6) is -0.0473. The van der Waals surface area contributed by atoms with Crippen LogP contribution in [0.2, 0.25) is 0 Å². The van der Waals surface area contributed by atoms with Gasteiger partial charge in [0.2, 0.25) is 0 Å². The molecule has 0 bridgehead atoms. The minimum Gasteiger partial charge on any atom is -0.305 e. The zero-order chi connectivity index (χ0) is 14.7. The summed E-state index contributed by atoms with van der Waals surface area (Å²) in [6, 6.07) is 4.07. The van der Waals surface area contributed by atoms with Gasteiger partial charge in [-0.05, 0) is 25.5 Å². The molecule has 1 N–H and O–H groups in total. The van der Waals surface area contributed by atoms with E-state index in [-0.39, 0.29) is 11.6 Å². The highest BCUT2D eigenvalue weighted by atomic mass is 16.6. The normalized spacial score (nSPS) is 10.1. The molecule has 1 aromatic heterocycles. The molecule has 7 nitrogen and oxygen atoms in total. The lowest BCUT2D eigenvalue weighted by Gasteiger charge is -2.06. The SMILES string of the molecule is Cc1cnc(NC(=O)c2ccc([N+](=O)[O-])cc2C)cn1. The Morgan fingerprint density at radius 3 is 2.55 bits per heavy atom. The second kappa shape index (κ2) is 5.43. The van der Waals surface area contributed by atoms with Crippen molar-refractivity contribution >= 4 is 17.4 Å². The van der Waals surface area contributed by atoms with Gasteiger partial charge in [0, 0.05) is 17.7 Å². The third-order valence-corrected chi connectivity index (χ3v) is 2.69. The van der Waals surface area contributed by atoms with Crippen LogP contribution in [0.3, 0.4) is 0 Å². The van der Waals surface area contributed by atoms with Gasteiger partial charge in [-0.15, -0.1) is 0 Å². The summed E-state index contributed by atoms with van der Waals surface area (Å²) < 4.78 is 0. The molecule has 0 unspecified atom stereocenters. The highest BCUT2D eigenvalue weighted by Gasteiger charge is 2.14. The quantitative estimate of drug-likeness (QED) is 0.682. The van der Waals surface area contributed by atoms with Crippen molar-refractivity contribution in [2.45, 2.75) is 13.8 Å². The molecule has 0 saturated heterocycles. The van der Waals surface area contributed by atoms with E-state index in [0.717, 1.165) is 5.69 Å². The zero-order valence-electron chi connectivity index (χ0n) is 11.0. The van der Waals surface area contributed by atoms with Gasteiger partial charge in [0.25, 0.3) is 11.6 Å². The van der Waals surface area contributed by atoms with Crippen LogP contribution in [0.5, 0.6) is 0 Å². The number of aromatic nitrogens is 2. The minimum absolute atomic E-state index is 0.0471. The number of nitrogens with zero attached hydrogens (tertiary/aromatic N) is 3. The van der Waals surface area contributed by atoms with Crippen LogP contribution in [-0.4, -0.2) is 20.8 Å². The average molecular weight is 272 g/mol. The topological polar surface area (TPSA) is 98.0 Å². The molecule has 1 aromatic carbocycles. The first-order valence-corrected chi connectivity index (χ1v) is 5.82. The molecule has 0 aliphatic rings. The number of nitro benzene ring substituents is 1. The van der Waals surface area contributed by atoms with Gasteiger partial charge < -0.3 is 5.32 Å². The maximum absolute atomic E-state index is 12.1. The fourth-order valence-electron chi connectivity index (χ4n) is 1.66. The van der Waals surface area contributed by atoms with Crippen molar-refractivity contribution in [3.63, 3.8) is 0 Å². The maximum atomic E-state index is 12.1. The van der Waals surface area contributed by atoms with E-state index in [9.17, 15) is 14.9 Å². The summed E-state index contributed by atoms with van der Waals surface area (Å²) in [4.78, 5) is 30.2. The first-order valence-electron chi connectivity index (χ1n) is 5.82. The van der Waals surface area contributed by atoms with Gasteiger partial charge in [-0.1, -0.05) is 0 Å². The molecule has 2 aromatic rings. The Morgan fingerprint density at radius 2 is 2.00 bits per heavy atom.